The van der Waals surface area contributed by atoms with Crippen LogP contribution < -0.4 is 15.7 Å². The zero-order valence-corrected chi connectivity index (χ0v) is 19.7. The molecular formula is C20H30N3O4Y-. The van der Waals surface area contributed by atoms with Gasteiger partial charge in [0.25, 0.3) is 5.91 Å². The van der Waals surface area contributed by atoms with Crippen molar-refractivity contribution in [2.45, 2.75) is 27.3 Å². The molecule has 2 aromatic rings. The third kappa shape index (κ3) is 15.3. The fourth-order valence-corrected chi connectivity index (χ4v) is 1.52. The first-order valence-electron chi connectivity index (χ1n) is 8.35. The van der Waals surface area contributed by atoms with E-state index in [9.17, 15) is 4.79 Å². The smallest absolute Gasteiger partial charge is 0.274 e. The Morgan fingerprint density at radius 1 is 1.11 bits per heavy atom. The number of amides is 1. The summed E-state index contributed by atoms with van der Waals surface area (Å²) in [6.45, 7) is 9.57. The quantitative estimate of drug-likeness (QED) is 0.292. The Hall–Kier alpha value is -1.77. The molecule has 0 fully saturated rings. The standard InChI is InChI=1S/C8H10N2O3.C7H8NO.C3H6.C2H6.Y/c11-8(10-13)7-3-1-6(2-4-7)5-9-12;1-9-7-4-2-6(8)3-5-7;1-3-2;1-2;/h1-4,9,12-13H,5H2,(H,10,11);2-5,8H,1H3;3H,1H2,2H3;1-2H3;/q;-1;;;. The molecule has 0 aliphatic rings. The van der Waals surface area contributed by atoms with Crippen molar-refractivity contribution in [1.82, 2.24) is 11.0 Å². The normalized spacial score (nSPS) is 8.07. The molecule has 28 heavy (non-hydrogen) atoms. The summed E-state index contributed by atoms with van der Waals surface area (Å²) in [4.78, 5) is 10.9. The minimum atomic E-state index is -0.552. The van der Waals surface area contributed by atoms with Crippen LogP contribution in [0.2, 0.25) is 0 Å². The second kappa shape index (κ2) is 21.5. The van der Waals surface area contributed by atoms with E-state index in [1.165, 1.54) is 5.48 Å². The van der Waals surface area contributed by atoms with Crippen LogP contribution in [0.3, 0.4) is 0 Å². The summed E-state index contributed by atoms with van der Waals surface area (Å²) < 4.78 is 4.89. The molecule has 0 saturated carbocycles. The summed E-state index contributed by atoms with van der Waals surface area (Å²) in [5.41, 5.74) is 12.4. The van der Waals surface area contributed by atoms with E-state index in [1.54, 1.807) is 61.7 Å². The molecule has 0 aromatic heterocycles. The van der Waals surface area contributed by atoms with Gasteiger partial charge in [-0.1, -0.05) is 44.2 Å². The van der Waals surface area contributed by atoms with Crippen LogP contribution in [0, 0.1) is 0 Å². The van der Waals surface area contributed by atoms with Crippen molar-refractivity contribution < 1.29 is 52.7 Å². The van der Waals surface area contributed by atoms with Gasteiger partial charge in [-0.25, -0.2) is 11.0 Å². The first kappa shape index (κ1) is 30.9. The Kier molecular flexibility index (Phi) is 23.8. The molecular weight excluding hydrogens is 435 g/mol. The van der Waals surface area contributed by atoms with Crippen LogP contribution in [-0.4, -0.2) is 23.4 Å². The van der Waals surface area contributed by atoms with Crippen LogP contribution in [0.25, 0.3) is 5.73 Å². The van der Waals surface area contributed by atoms with Gasteiger partial charge in [0.1, 0.15) is 5.75 Å². The number of rotatable bonds is 4. The van der Waals surface area contributed by atoms with Crippen molar-refractivity contribution in [3.8, 4) is 5.75 Å². The monoisotopic (exact) mass is 465 g/mol. The minimum Gasteiger partial charge on any atom is -0.699 e. The van der Waals surface area contributed by atoms with Crippen LogP contribution in [0.1, 0.15) is 36.7 Å². The van der Waals surface area contributed by atoms with E-state index >= 15 is 0 Å². The Bertz CT molecular complexity index is 620. The van der Waals surface area contributed by atoms with Gasteiger partial charge in [0, 0.05) is 44.8 Å². The number of carbonyl (C=O) groups is 1. The zero-order chi connectivity index (χ0) is 21.1. The summed E-state index contributed by atoms with van der Waals surface area (Å²) in [6.07, 6.45) is 1.75. The van der Waals surface area contributed by atoms with Gasteiger partial charge < -0.3 is 15.7 Å². The second-order valence-corrected chi connectivity index (χ2v) is 4.61. The fraction of sp³-hybridized carbons (Fsp3) is 0.250. The number of allylic oxidation sites excluding steroid dienone is 1. The molecule has 1 radical (unpaired) electrons. The van der Waals surface area contributed by atoms with Crippen molar-refractivity contribution in [1.29, 1.82) is 0 Å². The van der Waals surface area contributed by atoms with Crippen molar-refractivity contribution in [3.05, 3.63) is 78.0 Å². The third-order valence-electron chi connectivity index (χ3n) is 2.69. The van der Waals surface area contributed by atoms with Crippen molar-refractivity contribution in [3.63, 3.8) is 0 Å². The molecule has 0 atom stereocenters. The number of nitrogens with one attached hydrogen (secondary N) is 3. The summed E-state index contributed by atoms with van der Waals surface area (Å²) >= 11 is 0. The topological polar surface area (TPSA) is 115 Å². The summed E-state index contributed by atoms with van der Waals surface area (Å²) in [7, 11) is 1.61. The molecule has 0 aliphatic carbocycles. The van der Waals surface area contributed by atoms with E-state index in [2.05, 4.69) is 6.58 Å². The molecule has 5 N–H and O–H groups in total. The average Bonchev–Trinajstić information content (AvgIpc) is 2.71. The maximum Gasteiger partial charge on any atom is 0.274 e. The third-order valence-corrected chi connectivity index (χ3v) is 2.69. The first-order valence-corrected chi connectivity index (χ1v) is 8.35. The Morgan fingerprint density at radius 3 is 1.93 bits per heavy atom. The van der Waals surface area contributed by atoms with E-state index in [-0.39, 0.29) is 32.7 Å². The molecule has 0 heterocycles. The van der Waals surface area contributed by atoms with Gasteiger partial charge in [0.2, 0.25) is 0 Å². The van der Waals surface area contributed by atoms with Crippen molar-refractivity contribution in [2.24, 2.45) is 0 Å². The van der Waals surface area contributed by atoms with E-state index in [4.69, 9.17) is 20.9 Å². The van der Waals surface area contributed by atoms with Gasteiger partial charge in [-0.2, -0.15) is 0 Å². The Labute approximate surface area is 192 Å². The predicted molar refractivity (Wildman–Crippen MR) is 109 cm³/mol. The van der Waals surface area contributed by atoms with Crippen LogP contribution in [0.5, 0.6) is 5.75 Å². The molecule has 0 saturated heterocycles. The van der Waals surface area contributed by atoms with Gasteiger partial charge in [0.05, 0.1) is 7.11 Å². The molecule has 0 aliphatic heterocycles. The zero-order valence-electron chi connectivity index (χ0n) is 16.9. The summed E-state index contributed by atoms with van der Waals surface area (Å²) in [5, 5.41) is 16.7. The maximum absolute atomic E-state index is 10.9. The van der Waals surface area contributed by atoms with Crippen molar-refractivity contribution >= 4 is 11.6 Å². The van der Waals surface area contributed by atoms with Gasteiger partial charge in [-0.15, -0.1) is 12.3 Å². The molecule has 8 heteroatoms. The first-order chi connectivity index (χ1) is 13.0. The number of hydroxylamine groups is 2. The Morgan fingerprint density at radius 2 is 1.57 bits per heavy atom. The number of carbonyl (C=O) groups excluding carboxylic acids is 1. The van der Waals surface area contributed by atoms with Gasteiger partial charge in [-0.3, -0.25) is 10.0 Å². The second-order valence-electron chi connectivity index (χ2n) is 4.61. The van der Waals surface area contributed by atoms with Gasteiger partial charge >= 0.3 is 0 Å². The SMILES string of the molecule is C=CC.CC.COc1ccc([NH-])cc1.O=C(NO)c1ccc(CNO)cc1.[Y]. The van der Waals surface area contributed by atoms with Gasteiger partial charge in [-0.05, 0) is 36.8 Å². The molecule has 2 rings (SSSR count). The number of hydrogen-bond donors (Lipinski definition) is 4. The molecule has 0 spiro atoms. The van der Waals surface area contributed by atoms with E-state index in [1.807, 2.05) is 26.3 Å². The van der Waals surface area contributed by atoms with Crippen molar-refractivity contribution in [2.75, 3.05) is 7.11 Å². The molecule has 0 bridgehead atoms. The van der Waals surface area contributed by atoms with E-state index in [0.29, 0.717) is 17.8 Å². The molecule has 153 valence electrons. The predicted octanol–water partition coefficient (Wildman–Crippen LogP) is 4.88. The maximum atomic E-state index is 10.9. The van der Waals surface area contributed by atoms with Crippen LogP contribution >= 0.6 is 0 Å². The molecule has 0 unspecified atom stereocenters. The fourth-order valence-electron chi connectivity index (χ4n) is 1.52. The molecule has 7 nitrogen and oxygen atoms in total. The number of ether oxygens (including phenoxy) is 1. The van der Waals surface area contributed by atoms with E-state index < -0.39 is 5.91 Å². The number of hydrogen-bond acceptors (Lipinski definition) is 5. The Balaban J connectivity index is -0.000000365. The van der Waals surface area contributed by atoms with Gasteiger partial charge in [0.15, 0.2) is 0 Å². The molecule has 2 aromatic carbocycles. The number of methoxy groups -OCH3 is 1. The van der Waals surface area contributed by atoms with Crippen LogP contribution in [0.4, 0.5) is 5.69 Å². The van der Waals surface area contributed by atoms with Crippen LogP contribution in [-0.2, 0) is 39.3 Å². The van der Waals surface area contributed by atoms with E-state index in [0.717, 1.165) is 11.3 Å². The molecule has 1 amide bonds. The largest absolute Gasteiger partial charge is 0.699 e. The van der Waals surface area contributed by atoms with Crippen LogP contribution in [0.15, 0.2) is 61.2 Å². The summed E-state index contributed by atoms with van der Waals surface area (Å²) in [5.74, 6) is 0.245. The minimum absolute atomic E-state index is 0. The number of benzene rings is 2. The average molecular weight is 465 g/mol. The summed E-state index contributed by atoms with van der Waals surface area (Å²) in [6, 6.07) is 13.4.